The predicted octanol–water partition coefficient (Wildman–Crippen LogP) is 2.98. The Morgan fingerprint density at radius 2 is 1.95 bits per heavy atom. The van der Waals surface area contributed by atoms with Crippen molar-refractivity contribution in [1.29, 1.82) is 0 Å². The van der Waals surface area contributed by atoms with E-state index in [0.717, 1.165) is 17.7 Å². The van der Waals surface area contributed by atoms with Crippen molar-refractivity contribution in [2.75, 3.05) is 12.4 Å². The molecular weight excluding hydrogens is 257 g/mol. The minimum Gasteiger partial charge on any atom is -0.481 e. The number of nitrogens with one attached hydrogen (secondary N) is 1. The Balaban J connectivity index is 2.02. The number of aryl methyl sites for hydroxylation is 1. The zero-order chi connectivity index (χ0) is 14.5. The van der Waals surface area contributed by atoms with E-state index in [2.05, 4.69) is 15.3 Å². The summed E-state index contributed by atoms with van der Waals surface area (Å²) in [6.07, 6.45) is 0.764. The van der Waals surface area contributed by atoms with Gasteiger partial charge >= 0.3 is 0 Å². The molecule has 5 heteroatoms. The highest BCUT2D eigenvalue weighted by Crippen LogP contribution is 2.13. The van der Waals surface area contributed by atoms with Crippen molar-refractivity contribution >= 4 is 5.95 Å². The zero-order valence-corrected chi connectivity index (χ0v) is 11.9. The predicted molar refractivity (Wildman–Crippen MR) is 76.5 cm³/mol. The molecule has 1 N–H and O–H groups in total. The van der Waals surface area contributed by atoms with Crippen molar-refractivity contribution in [3.8, 4) is 5.88 Å². The topological polar surface area (TPSA) is 47.0 Å². The van der Waals surface area contributed by atoms with Gasteiger partial charge in [-0.25, -0.2) is 9.37 Å². The number of halogens is 1. The van der Waals surface area contributed by atoms with Crippen LogP contribution < -0.4 is 10.1 Å². The molecule has 0 aliphatic rings. The summed E-state index contributed by atoms with van der Waals surface area (Å²) in [5.41, 5.74) is 1.90. The zero-order valence-electron chi connectivity index (χ0n) is 11.9. The molecule has 1 unspecified atom stereocenters. The van der Waals surface area contributed by atoms with Gasteiger partial charge in [-0.3, -0.25) is 0 Å². The van der Waals surface area contributed by atoms with Crippen molar-refractivity contribution in [1.82, 2.24) is 9.97 Å². The maximum Gasteiger partial charge on any atom is 0.226 e. The molecule has 1 heterocycles. The molecule has 0 saturated carbocycles. The Bertz CT molecular complexity index is 572. The molecule has 0 aliphatic carbocycles. The molecule has 1 aromatic heterocycles. The van der Waals surface area contributed by atoms with Crippen LogP contribution in [0.25, 0.3) is 0 Å². The lowest BCUT2D eigenvalue weighted by molar-refractivity contribution is 0.397. The van der Waals surface area contributed by atoms with Gasteiger partial charge in [0.25, 0.3) is 0 Å². The Kier molecular flexibility index (Phi) is 4.50. The van der Waals surface area contributed by atoms with Crippen molar-refractivity contribution in [3.05, 3.63) is 47.4 Å². The quantitative estimate of drug-likeness (QED) is 0.911. The van der Waals surface area contributed by atoms with E-state index >= 15 is 0 Å². The summed E-state index contributed by atoms with van der Waals surface area (Å²) in [5.74, 6) is 0.853. The molecule has 2 aromatic rings. The Morgan fingerprint density at radius 1 is 1.25 bits per heavy atom. The number of methoxy groups -OCH3 is 1. The number of ether oxygens (including phenoxy) is 1. The fraction of sp³-hybridized carbons (Fsp3) is 0.333. The summed E-state index contributed by atoms with van der Waals surface area (Å²) in [4.78, 5) is 8.56. The lowest BCUT2D eigenvalue weighted by atomic mass is 10.1. The van der Waals surface area contributed by atoms with E-state index in [-0.39, 0.29) is 11.9 Å². The molecule has 0 amide bonds. The first kappa shape index (κ1) is 14.2. The van der Waals surface area contributed by atoms with Crippen LogP contribution in [0.3, 0.4) is 0 Å². The fourth-order valence-electron chi connectivity index (χ4n) is 1.95. The lowest BCUT2D eigenvalue weighted by Gasteiger charge is -2.14. The number of hydrogen-bond donors (Lipinski definition) is 1. The highest BCUT2D eigenvalue weighted by Gasteiger charge is 2.08. The number of hydrogen-bond acceptors (Lipinski definition) is 4. The first-order valence-electron chi connectivity index (χ1n) is 6.47. The smallest absolute Gasteiger partial charge is 0.226 e. The van der Waals surface area contributed by atoms with Crippen LogP contribution in [0.15, 0.2) is 30.3 Å². The molecule has 1 aromatic carbocycles. The summed E-state index contributed by atoms with van der Waals surface area (Å²) in [7, 11) is 1.58. The van der Waals surface area contributed by atoms with Gasteiger partial charge in [-0.2, -0.15) is 4.98 Å². The number of nitrogens with zero attached hydrogens (tertiary/aromatic N) is 2. The van der Waals surface area contributed by atoms with E-state index < -0.39 is 0 Å². The first-order valence-corrected chi connectivity index (χ1v) is 6.47. The molecule has 20 heavy (non-hydrogen) atoms. The minimum absolute atomic E-state index is 0.131. The number of rotatable bonds is 5. The highest BCUT2D eigenvalue weighted by molar-refractivity contribution is 5.32. The maximum atomic E-state index is 12.8. The van der Waals surface area contributed by atoms with E-state index in [9.17, 15) is 4.39 Å². The molecule has 0 saturated heterocycles. The van der Waals surface area contributed by atoms with Gasteiger partial charge in [-0.15, -0.1) is 0 Å². The SMILES string of the molecule is COc1cc(C)nc(NC(C)Cc2ccc(F)cc2)n1. The Hall–Kier alpha value is -2.17. The molecule has 1 atom stereocenters. The summed E-state index contributed by atoms with van der Waals surface area (Å²) < 4.78 is 18.0. The van der Waals surface area contributed by atoms with Gasteiger partial charge in [-0.1, -0.05) is 12.1 Å². The molecule has 0 fully saturated rings. The van der Waals surface area contributed by atoms with Crippen LogP contribution in [0.5, 0.6) is 5.88 Å². The van der Waals surface area contributed by atoms with E-state index in [1.165, 1.54) is 12.1 Å². The van der Waals surface area contributed by atoms with Crippen LogP contribution in [0.4, 0.5) is 10.3 Å². The van der Waals surface area contributed by atoms with E-state index in [1.54, 1.807) is 25.3 Å². The van der Waals surface area contributed by atoms with Crippen LogP contribution in [-0.2, 0) is 6.42 Å². The largest absolute Gasteiger partial charge is 0.481 e. The van der Waals surface area contributed by atoms with Crippen LogP contribution >= 0.6 is 0 Å². The van der Waals surface area contributed by atoms with Crippen molar-refractivity contribution < 1.29 is 9.13 Å². The third-order valence-electron chi connectivity index (χ3n) is 2.87. The van der Waals surface area contributed by atoms with Gasteiger partial charge in [-0.05, 0) is 38.0 Å². The van der Waals surface area contributed by atoms with Crippen LogP contribution in [-0.4, -0.2) is 23.1 Å². The van der Waals surface area contributed by atoms with Gasteiger partial charge in [0.05, 0.1) is 7.11 Å². The summed E-state index contributed by atoms with van der Waals surface area (Å²) in [5, 5.41) is 3.22. The van der Waals surface area contributed by atoms with Crippen LogP contribution in [0.2, 0.25) is 0 Å². The molecule has 0 spiro atoms. The fourth-order valence-corrected chi connectivity index (χ4v) is 1.95. The minimum atomic E-state index is -0.221. The molecule has 0 radical (unpaired) electrons. The highest BCUT2D eigenvalue weighted by atomic mass is 19.1. The summed E-state index contributed by atoms with van der Waals surface area (Å²) in [6.45, 7) is 3.92. The van der Waals surface area contributed by atoms with Crippen molar-refractivity contribution in [2.45, 2.75) is 26.3 Å². The van der Waals surface area contributed by atoms with Crippen LogP contribution in [0, 0.1) is 12.7 Å². The number of benzene rings is 1. The Labute approximate surface area is 118 Å². The molecule has 2 rings (SSSR count). The number of anilines is 1. The number of aromatic nitrogens is 2. The van der Waals surface area contributed by atoms with E-state index in [4.69, 9.17) is 4.74 Å². The molecular formula is C15H18FN3O. The normalized spacial score (nSPS) is 12.0. The van der Waals surface area contributed by atoms with Gasteiger partial charge in [0.15, 0.2) is 0 Å². The monoisotopic (exact) mass is 275 g/mol. The molecule has 0 aliphatic heterocycles. The van der Waals surface area contributed by atoms with Gasteiger partial charge in [0.1, 0.15) is 5.82 Å². The van der Waals surface area contributed by atoms with Gasteiger partial charge in [0.2, 0.25) is 11.8 Å². The molecule has 106 valence electrons. The van der Waals surface area contributed by atoms with Gasteiger partial charge in [0, 0.05) is 17.8 Å². The standard InChI is InChI=1S/C15H18FN3O/c1-10(8-12-4-6-13(16)7-5-12)17-15-18-11(2)9-14(19-15)20-3/h4-7,9-10H,8H2,1-3H3,(H,17,18,19). The summed E-state index contributed by atoms with van der Waals surface area (Å²) in [6, 6.07) is 8.40. The first-order chi connectivity index (χ1) is 9.56. The average Bonchev–Trinajstić information content (AvgIpc) is 2.40. The average molecular weight is 275 g/mol. The van der Waals surface area contributed by atoms with Gasteiger partial charge < -0.3 is 10.1 Å². The third kappa shape index (κ3) is 3.91. The maximum absolute atomic E-state index is 12.8. The third-order valence-corrected chi connectivity index (χ3v) is 2.87. The molecule has 4 nitrogen and oxygen atoms in total. The Morgan fingerprint density at radius 3 is 2.60 bits per heavy atom. The van der Waals surface area contributed by atoms with E-state index in [1.807, 2.05) is 13.8 Å². The lowest BCUT2D eigenvalue weighted by Crippen LogP contribution is -2.20. The second-order valence-electron chi connectivity index (χ2n) is 4.75. The second-order valence-corrected chi connectivity index (χ2v) is 4.75. The van der Waals surface area contributed by atoms with Crippen molar-refractivity contribution in [3.63, 3.8) is 0 Å². The summed E-state index contributed by atoms with van der Waals surface area (Å²) >= 11 is 0. The molecule has 0 bridgehead atoms. The second kappa shape index (κ2) is 6.32. The van der Waals surface area contributed by atoms with Crippen LogP contribution in [0.1, 0.15) is 18.2 Å². The van der Waals surface area contributed by atoms with Crippen molar-refractivity contribution in [2.24, 2.45) is 0 Å². The van der Waals surface area contributed by atoms with E-state index in [0.29, 0.717) is 11.8 Å².